The van der Waals surface area contributed by atoms with Gasteiger partial charge in [-0.05, 0) is 36.8 Å². The van der Waals surface area contributed by atoms with E-state index in [-0.39, 0.29) is 18.0 Å². The van der Waals surface area contributed by atoms with Gasteiger partial charge in [0.05, 0.1) is 4.92 Å². The number of rotatable bonds is 4. The zero-order valence-corrected chi connectivity index (χ0v) is 12.7. The fraction of sp³-hybridized carbons (Fsp3) is 0.133. The van der Waals surface area contributed by atoms with Crippen LogP contribution < -0.4 is 10.6 Å². The van der Waals surface area contributed by atoms with E-state index in [9.17, 15) is 15.2 Å². The van der Waals surface area contributed by atoms with Gasteiger partial charge in [-0.15, -0.1) is 0 Å². The third-order valence-electron chi connectivity index (χ3n) is 3.11. The van der Waals surface area contributed by atoms with E-state index in [1.54, 1.807) is 0 Å². The molecule has 0 radical (unpaired) electrons. The van der Waals surface area contributed by atoms with E-state index >= 15 is 0 Å². The van der Waals surface area contributed by atoms with Gasteiger partial charge in [0.15, 0.2) is 5.11 Å². The number of anilines is 1. The zero-order chi connectivity index (χ0) is 16.1. The lowest BCUT2D eigenvalue weighted by Gasteiger charge is -2.13. The molecule has 22 heavy (non-hydrogen) atoms. The van der Waals surface area contributed by atoms with Crippen molar-refractivity contribution in [2.75, 3.05) is 5.32 Å². The van der Waals surface area contributed by atoms with Crippen molar-refractivity contribution in [3.05, 3.63) is 63.7 Å². The van der Waals surface area contributed by atoms with Crippen molar-refractivity contribution in [2.45, 2.75) is 13.5 Å². The second kappa shape index (κ2) is 6.86. The van der Waals surface area contributed by atoms with E-state index in [0.29, 0.717) is 10.7 Å². The van der Waals surface area contributed by atoms with E-state index in [4.69, 9.17) is 12.2 Å². The van der Waals surface area contributed by atoms with Gasteiger partial charge in [0.2, 0.25) is 0 Å². The molecular formula is C15H15N3O3S. The Bertz CT molecular complexity index is 719. The molecule has 0 unspecified atom stereocenters. The minimum absolute atomic E-state index is 0.0169. The highest BCUT2D eigenvalue weighted by molar-refractivity contribution is 7.80. The van der Waals surface area contributed by atoms with Crippen molar-refractivity contribution in [1.29, 1.82) is 0 Å². The molecule has 0 fully saturated rings. The van der Waals surface area contributed by atoms with Crippen molar-refractivity contribution in [3.8, 4) is 5.75 Å². The summed E-state index contributed by atoms with van der Waals surface area (Å²) in [6.45, 7) is 2.14. The third-order valence-corrected chi connectivity index (χ3v) is 3.35. The Morgan fingerprint density at radius 3 is 2.73 bits per heavy atom. The number of nitrogens with one attached hydrogen (secondary N) is 2. The smallest absolute Gasteiger partial charge is 0.270 e. The maximum absolute atomic E-state index is 10.7. The Kier molecular flexibility index (Phi) is 4.90. The highest BCUT2D eigenvalue weighted by Crippen LogP contribution is 2.22. The summed E-state index contributed by atoms with van der Waals surface area (Å²) in [6, 6.07) is 11.5. The molecule has 0 heterocycles. The number of nitro benzene ring substituents is 1. The Morgan fingerprint density at radius 2 is 2.05 bits per heavy atom. The van der Waals surface area contributed by atoms with Crippen LogP contribution in [-0.4, -0.2) is 15.1 Å². The van der Waals surface area contributed by atoms with Crippen LogP contribution in [0.25, 0.3) is 0 Å². The van der Waals surface area contributed by atoms with Gasteiger partial charge >= 0.3 is 0 Å². The van der Waals surface area contributed by atoms with Crippen LogP contribution in [0.15, 0.2) is 42.5 Å². The molecule has 0 amide bonds. The standard InChI is InChI=1S/C15H15N3O3S/c1-10-4-2-3-5-13(10)17-15(22)16-9-11-8-12(18(20)21)6-7-14(11)19/h2-8,19H,9H2,1H3,(H2,16,17,22). The topological polar surface area (TPSA) is 87.4 Å². The number of aryl methyl sites for hydroxylation is 1. The minimum Gasteiger partial charge on any atom is -0.508 e. The van der Waals surface area contributed by atoms with Crippen LogP contribution in [-0.2, 0) is 6.54 Å². The van der Waals surface area contributed by atoms with E-state index in [1.807, 2.05) is 31.2 Å². The molecule has 0 bridgehead atoms. The molecule has 0 saturated carbocycles. The molecule has 0 aromatic heterocycles. The molecule has 2 aromatic carbocycles. The average Bonchev–Trinajstić information content (AvgIpc) is 2.48. The Morgan fingerprint density at radius 1 is 1.32 bits per heavy atom. The van der Waals surface area contributed by atoms with Crippen LogP contribution in [0, 0.1) is 17.0 Å². The molecule has 3 N–H and O–H groups in total. The number of nitrogens with zero attached hydrogens (tertiary/aromatic N) is 1. The quantitative estimate of drug-likeness (QED) is 0.456. The number of thiocarbonyl (C=S) groups is 1. The first kappa shape index (κ1) is 15.7. The maximum Gasteiger partial charge on any atom is 0.270 e. The highest BCUT2D eigenvalue weighted by Gasteiger charge is 2.10. The third kappa shape index (κ3) is 3.92. The number of nitro groups is 1. The largest absolute Gasteiger partial charge is 0.508 e. The summed E-state index contributed by atoms with van der Waals surface area (Å²) in [5.74, 6) is -0.0169. The Labute approximate surface area is 132 Å². The summed E-state index contributed by atoms with van der Waals surface area (Å²) in [6.07, 6.45) is 0. The minimum atomic E-state index is -0.507. The summed E-state index contributed by atoms with van der Waals surface area (Å²) in [5.41, 5.74) is 2.25. The number of hydrogen-bond acceptors (Lipinski definition) is 4. The van der Waals surface area contributed by atoms with Crippen LogP contribution in [0.4, 0.5) is 11.4 Å². The molecule has 2 rings (SSSR count). The molecule has 6 nitrogen and oxygen atoms in total. The van der Waals surface area contributed by atoms with Crippen LogP contribution >= 0.6 is 12.2 Å². The van der Waals surface area contributed by atoms with Crippen molar-refractivity contribution in [3.63, 3.8) is 0 Å². The van der Waals surface area contributed by atoms with E-state index in [0.717, 1.165) is 11.3 Å². The number of non-ortho nitro benzene ring substituents is 1. The van der Waals surface area contributed by atoms with Crippen LogP contribution in [0.2, 0.25) is 0 Å². The monoisotopic (exact) mass is 317 g/mol. The van der Waals surface area contributed by atoms with Gasteiger partial charge in [0.1, 0.15) is 5.75 Å². The van der Waals surface area contributed by atoms with Crippen LogP contribution in [0.1, 0.15) is 11.1 Å². The first-order valence-electron chi connectivity index (χ1n) is 6.54. The predicted molar refractivity (Wildman–Crippen MR) is 89.0 cm³/mol. The summed E-state index contributed by atoms with van der Waals surface area (Å²) >= 11 is 5.18. The molecule has 0 atom stereocenters. The lowest BCUT2D eigenvalue weighted by atomic mass is 10.2. The molecular weight excluding hydrogens is 302 g/mol. The second-order valence-electron chi connectivity index (χ2n) is 4.69. The average molecular weight is 317 g/mol. The van der Waals surface area contributed by atoms with Gasteiger partial charge in [-0.2, -0.15) is 0 Å². The van der Waals surface area contributed by atoms with E-state index in [1.165, 1.54) is 18.2 Å². The fourth-order valence-corrected chi connectivity index (χ4v) is 2.06. The van der Waals surface area contributed by atoms with Crippen molar-refractivity contribution < 1.29 is 10.0 Å². The van der Waals surface area contributed by atoms with Crippen molar-refractivity contribution in [2.24, 2.45) is 0 Å². The summed E-state index contributed by atoms with van der Waals surface area (Å²) in [4.78, 5) is 10.2. The number of para-hydroxylation sites is 1. The lowest BCUT2D eigenvalue weighted by molar-refractivity contribution is -0.384. The molecule has 0 spiro atoms. The first-order valence-corrected chi connectivity index (χ1v) is 6.95. The van der Waals surface area contributed by atoms with Crippen molar-refractivity contribution in [1.82, 2.24) is 5.32 Å². The van der Waals surface area contributed by atoms with Gasteiger partial charge in [0.25, 0.3) is 5.69 Å². The number of benzene rings is 2. The number of aromatic hydroxyl groups is 1. The number of phenols is 1. The highest BCUT2D eigenvalue weighted by atomic mass is 32.1. The summed E-state index contributed by atoms with van der Waals surface area (Å²) in [7, 11) is 0. The van der Waals surface area contributed by atoms with E-state index < -0.39 is 4.92 Å². The van der Waals surface area contributed by atoms with Crippen LogP contribution in [0.5, 0.6) is 5.75 Å². The molecule has 0 aliphatic rings. The number of hydrogen-bond donors (Lipinski definition) is 3. The van der Waals surface area contributed by atoms with Gasteiger partial charge in [-0.25, -0.2) is 0 Å². The molecule has 0 aliphatic heterocycles. The summed E-state index contributed by atoms with van der Waals surface area (Å²) in [5, 5.41) is 26.8. The molecule has 0 saturated heterocycles. The van der Waals surface area contributed by atoms with Gasteiger partial charge in [-0.1, -0.05) is 18.2 Å². The zero-order valence-electron chi connectivity index (χ0n) is 11.9. The molecule has 2 aromatic rings. The van der Waals surface area contributed by atoms with E-state index in [2.05, 4.69) is 10.6 Å². The Hall–Kier alpha value is -2.67. The normalized spacial score (nSPS) is 10.0. The van der Waals surface area contributed by atoms with Gasteiger partial charge in [0, 0.05) is 29.9 Å². The molecule has 114 valence electrons. The number of phenolic OH excluding ortho intramolecular Hbond substituents is 1. The molecule has 7 heteroatoms. The fourth-order valence-electron chi connectivity index (χ4n) is 1.88. The van der Waals surface area contributed by atoms with Crippen molar-refractivity contribution >= 4 is 28.7 Å². The SMILES string of the molecule is Cc1ccccc1NC(=S)NCc1cc([N+](=O)[O-])ccc1O. The van der Waals surface area contributed by atoms with Crippen LogP contribution in [0.3, 0.4) is 0 Å². The lowest BCUT2D eigenvalue weighted by Crippen LogP contribution is -2.28. The summed E-state index contributed by atoms with van der Waals surface area (Å²) < 4.78 is 0. The molecule has 0 aliphatic carbocycles. The predicted octanol–water partition coefficient (Wildman–Crippen LogP) is 3.10. The van der Waals surface area contributed by atoms with Gasteiger partial charge in [-0.3, -0.25) is 10.1 Å². The van der Waals surface area contributed by atoms with Gasteiger partial charge < -0.3 is 15.7 Å². The maximum atomic E-state index is 10.7. The Balaban J connectivity index is 2.01. The second-order valence-corrected chi connectivity index (χ2v) is 5.10. The first-order chi connectivity index (χ1) is 10.5.